The smallest absolute Gasteiger partial charge is 0.270 e. The molecule has 1 atom stereocenters. The maximum Gasteiger partial charge on any atom is 0.270 e. The van der Waals surface area contributed by atoms with Gasteiger partial charge in [-0.05, 0) is 33.7 Å². The topological polar surface area (TPSA) is 61.6 Å². The number of non-ortho nitro benzene ring substituents is 1. The van der Waals surface area contributed by atoms with E-state index in [2.05, 4.69) is 30.3 Å². The number of fused-ring (bicyclic) bond motifs is 3. The molecule has 0 saturated heterocycles. The first kappa shape index (κ1) is 15.8. The molecule has 132 valence electrons. The van der Waals surface area contributed by atoms with E-state index in [1.54, 1.807) is 6.07 Å². The first-order valence-corrected chi connectivity index (χ1v) is 8.67. The molecule has 5 nitrogen and oxygen atoms in total. The normalized spacial score (nSPS) is 16.1. The van der Waals surface area contributed by atoms with Gasteiger partial charge in [-0.2, -0.15) is 0 Å². The molecule has 1 unspecified atom stereocenters. The highest BCUT2D eigenvalue weighted by Crippen LogP contribution is 2.40. The second-order valence-corrected chi connectivity index (χ2v) is 6.54. The van der Waals surface area contributed by atoms with E-state index in [9.17, 15) is 10.1 Å². The van der Waals surface area contributed by atoms with Crippen LogP contribution in [0.25, 0.3) is 21.5 Å². The van der Waals surface area contributed by atoms with Crippen molar-refractivity contribution >= 4 is 27.2 Å². The molecule has 4 aromatic rings. The Kier molecular flexibility index (Phi) is 3.55. The predicted molar refractivity (Wildman–Crippen MR) is 103 cm³/mol. The van der Waals surface area contributed by atoms with Crippen molar-refractivity contribution in [2.75, 3.05) is 0 Å². The van der Waals surface area contributed by atoms with Gasteiger partial charge in [0.05, 0.1) is 11.5 Å². The molecule has 0 bridgehead atoms. The molecule has 1 aliphatic rings. The van der Waals surface area contributed by atoms with Crippen LogP contribution in [-0.4, -0.2) is 4.92 Å². The highest BCUT2D eigenvalue weighted by molar-refractivity contribution is 6.02. The number of rotatable bonds is 2. The zero-order chi connectivity index (χ0) is 18.4. The Hall–Kier alpha value is -3.44. The van der Waals surface area contributed by atoms with E-state index in [0.717, 1.165) is 27.1 Å². The summed E-state index contributed by atoms with van der Waals surface area (Å²) < 4.78 is 12.1. The molecule has 27 heavy (non-hydrogen) atoms. The predicted octanol–water partition coefficient (Wildman–Crippen LogP) is 5.51. The highest BCUT2D eigenvalue weighted by atomic mass is 16.7. The Bertz CT molecular complexity index is 1150. The number of hydrogen-bond donors (Lipinski definition) is 0. The van der Waals surface area contributed by atoms with Crippen molar-refractivity contribution < 1.29 is 14.4 Å². The third-order valence-electron chi connectivity index (χ3n) is 4.93. The molecular weight excluding hydrogens is 342 g/mol. The minimum absolute atomic E-state index is 0.0370. The molecule has 5 rings (SSSR count). The first-order chi connectivity index (χ1) is 13.2. The Morgan fingerprint density at radius 1 is 0.889 bits per heavy atom. The van der Waals surface area contributed by atoms with Crippen LogP contribution >= 0.6 is 0 Å². The maximum absolute atomic E-state index is 11.0. The Morgan fingerprint density at radius 3 is 2.22 bits per heavy atom. The molecular formula is C22H15NO4. The molecule has 1 heterocycles. The van der Waals surface area contributed by atoms with Gasteiger partial charge < -0.3 is 9.47 Å². The van der Waals surface area contributed by atoms with Gasteiger partial charge in [-0.1, -0.05) is 48.5 Å². The second kappa shape index (κ2) is 6.07. The lowest BCUT2D eigenvalue weighted by molar-refractivity contribution is -0.385. The molecule has 4 aromatic carbocycles. The van der Waals surface area contributed by atoms with E-state index in [0.29, 0.717) is 11.3 Å². The summed E-state index contributed by atoms with van der Waals surface area (Å²) in [5.74, 6) is 0.619. The number of hydrogen-bond acceptors (Lipinski definition) is 4. The van der Waals surface area contributed by atoms with Crippen LogP contribution in [0, 0.1) is 10.1 Å². The Labute approximate surface area is 154 Å². The summed E-state index contributed by atoms with van der Waals surface area (Å²) in [5, 5.41) is 15.4. The lowest BCUT2D eigenvalue weighted by Crippen LogP contribution is -2.18. The van der Waals surface area contributed by atoms with E-state index in [1.165, 1.54) is 12.1 Å². The molecule has 0 aromatic heterocycles. The third-order valence-corrected chi connectivity index (χ3v) is 4.93. The van der Waals surface area contributed by atoms with Gasteiger partial charge in [0.25, 0.3) is 5.69 Å². The molecule has 0 fully saturated rings. The van der Waals surface area contributed by atoms with Crippen LogP contribution in [0.4, 0.5) is 5.69 Å². The van der Waals surface area contributed by atoms with Crippen LogP contribution in [0.1, 0.15) is 17.4 Å². The molecule has 1 aliphatic heterocycles. The molecule has 5 heteroatoms. The summed E-state index contributed by atoms with van der Waals surface area (Å²) in [6.45, 7) is 0.263. The maximum atomic E-state index is 11.0. The SMILES string of the molecule is O=[N+]([O-])c1ccc2c(c1)COC(c1c3ccccc3cc3ccccc13)O2. The highest BCUT2D eigenvalue weighted by Gasteiger charge is 2.26. The molecule has 0 radical (unpaired) electrons. The molecule has 0 spiro atoms. The fraction of sp³-hybridized carbons (Fsp3) is 0.0909. The van der Waals surface area contributed by atoms with Crippen LogP contribution in [-0.2, 0) is 11.3 Å². The average molecular weight is 357 g/mol. The summed E-state index contributed by atoms with van der Waals surface area (Å²) in [6.07, 6.45) is -0.574. The van der Waals surface area contributed by atoms with E-state index >= 15 is 0 Å². The van der Waals surface area contributed by atoms with Crippen LogP contribution in [0.5, 0.6) is 5.75 Å². The number of ether oxygens (including phenoxy) is 2. The van der Waals surface area contributed by atoms with Gasteiger partial charge >= 0.3 is 0 Å². The number of nitrogens with zero attached hydrogens (tertiary/aromatic N) is 1. The van der Waals surface area contributed by atoms with Gasteiger partial charge in [-0.15, -0.1) is 0 Å². The monoisotopic (exact) mass is 357 g/mol. The van der Waals surface area contributed by atoms with Crippen LogP contribution in [0.2, 0.25) is 0 Å². The fourth-order valence-corrected chi connectivity index (χ4v) is 3.67. The van der Waals surface area contributed by atoms with E-state index in [1.807, 2.05) is 24.3 Å². The summed E-state index contributed by atoms with van der Waals surface area (Å²) >= 11 is 0. The molecule has 0 N–H and O–H groups in total. The summed E-state index contributed by atoms with van der Waals surface area (Å²) in [4.78, 5) is 10.6. The minimum Gasteiger partial charge on any atom is -0.460 e. The number of nitro groups is 1. The summed E-state index contributed by atoms with van der Waals surface area (Å²) in [7, 11) is 0. The van der Waals surface area contributed by atoms with Crippen LogP contribution in [0.3, 0.4) is 0 Å². The van der Waals surface area contributed by atoms with Gasteiger partial charge in [-0.3, -0.25) is 10.1 Å². The van der Waals surface area contributed by atoms with Gasteiger partial charge in [0, 0.05) is 23.3 Å². The zero-order valence-electron chi connectivity index (χ0n) is 14.3. The molecule has 0 amide bonds. The van der Waals surface area contributed by atoms with Crippen LogP contribution < -0.4 is 4.74 Å². The largest absolute Gasteiger partial charge is 0.460 e. The van der Waals surface area contributed by atoms with Crippen molar-refractivity contribution in [1.29, 1.82) is 0 Å². The standard InChI is InChI=1S/C22H15NO4/c24-23(25)17-9-10-20-16(12-17)13-26-22(27-20)21-18-7-3-1-5-14(18)11-15-6-2-4-8-19(15)21/h1-12,22H,13H2. The lowest BCUT2D eigenvalue weighted by atomic mass is 9.96. The van der Waals surface area contributed by atoms with E-state index in [4.69, 9.17) is 9.47 Å². The van der Waals surface area contributed by atoms with Crippen molar-refractivity contribution in [2.45, 2.75) is 12.9 Å². The minimum atomic E-state index is -0.574. The molecule has 0 saturated carbocycles. The van der Waals surface area contributed by atoms with Crippen molar-refractivity contribution in [3.8, 4) is 5.75 Å². The van der Waals surface area contributed by atoms with Crippen molar-refractivity contribution in [1.82, 2.24) is 0 Å². The fourth-order valence-electron chi connectivity index (χ4n) is 3.67. The second-order valence-electron chi connectivity index (χ2n) is 6.54. The van der Waals surface area contributed by atoms with E-state index < -0.39 is 11.2 Å². The third kappa shape index (κ3) is 2.60. The van der Waals surface area contributed by atoms with Crippen molar-refractivity contribution in [2.24, 2.45) is 0 Å². The summed E-state index contributed by atoms with van der Waals surface area (Å²) in [5.41, 5.74) is 1.70. The summed E-state index contributed by atoms with van der Waals surface area (Å²) in [6, 6.07) is 23.1. The number of nitro benzene ring substituents is 1. The van der Waals surface area contributed by atoms with Crippen molar-refractivity contribution in [3.63, 3.8) is 0 Å². The van der Waals surface area contributed by atoms with Crippen LogP contribution in [0.15, 0.2) is 72.8 Å². The average Bonchev–Trinajstić information content (AvgIpc) is 2.71. The first-order valence-electron chi connectivity index (χ1n) is 8.67. The Morgan fingerprint density at radius 2 is 1.56 bits per heavy atom. The number of benzene rings is 4. The van der Waals surface area contributed by atoms with Gasteiger partial charge in [0.1, 0.15) is 5.75 Å². The van der Waals surface area contributed by atoms with Crippen molar-refractivity contribution in [3.05, 3.63) is 94.0 Å². The van der Waals surface area contributed by atoms with Gasteiger partial charge in [-0.25, -0.2) is 0 Å². The van der Waals surface area contributed by atoms with Gasteiger partial charge in [0.2, 0.25) is 6.29 Å². The zero-order valence-corrected chi connectivity index (χ0v) is 14.3. The van der Waals surface area contributed by atoms with Gasteiger partial charge in [0.15, 0.2) is 0 Å². The lowest BCUT2D eigenvalue weighted by Gasteiger charge is -2.28. The quantitative estimate of drug-likeness (QED) is 0.270. The molecule has 0 aliphatic carbocycles. The van der Waals surface area contributed by atoms with E-state index in [-0.39, 0.29) is 12.3 Å². The Balaban J connectivity index is 1.66.